The zero-order chi connectivity index (χ0) is 24.1. The molecule has 7 heteroatoms. The summed E-state index contributed by atoms with van der Waals surface area (Å²) in [6.45, 7) is 7.25. The Morgan fingerprint density at radius 1 is 0.912 bits per heavy atom. The number of benzene rings is 2. The first-order valence-corrected chi connectivity index (χ1v) is 11.4. The molecule has 0 saturated carbocycles. The molecule has 2 heterocycles. The number of ether oxygens (including phenoxy) is 2. The Hall–Kier alpha value is -3.74. The SMILES string of the molecule is Cc1ccc(CN(Cc2ccccc2)C(=O)CN(CC(C)C)C(=O)c2ccc3c(c2)OCO3)o1. The average molecular weight is 463 g/mol. The molecule has 1 aromatic heterocycles. The molecule has 4 rings (SSSR count). The first-order chi connectivity index (χ1) is 16.4. The molecule has 2 aromatic carbocycles. The van der Waals surface area contributed by atoms with Gasteiger partial charge in [-0.25, -0.2) is 0 Å². The minimum absolute atomic E-state index is 0.0298. The maximum Gasteiger partial charge on any atom is 0.254 e. The van der Waals surface area contributed by atoms with Gasteiger partial charge in [-0.05, 0) is 48.7 Å². The number of aryl methyl sites for hydroxylation is 1. The highest BCUT2D eigenvalue weighted by molar-refractivity contribution is 5.97. The smallest absolute Gasteiger partial charge is 0.254 e. The van der Waals surface area contributed by atoms with Crippen molar-refractivity contribution in [3.8, 4) is 11.5 Å². The number of carbonyl (C=O) groups is 2. The molecule has 0 bridgehead atoms. The van der Waals surface area contributed by atoms with E-state index in [9.17, 15) is 9.59 Å². The van der Waals surface area contributed by atoms with Crippen molar-refractivity contribution >= 4 is 11.8 Å². The Morgan fingerprint density at radius 2 is 1.68 bits per heavy atom. The number of hydrogen-bond acceptors (Lipinski definition) is 5. The topological polar surface area (TPSA) is 72.2 Å². The van der Waals surface area contributed by atoms with Crippen molar-refractivity contribution in [3.05, 3.63) is 83.3 Å². The van der Waals surface area contributed by atoms with Crippen LogP contribution in [0.25, 0.3) is 0 Å². The van der Waals surface area contributed by atoms with Crippen molar-refractivity contribution in [2.45, 2.75) is 33.9 Å². The normalized spacial score (nSPS) is 12.1. The summed E-state index contributed by atoms with van der Waals surface area (Å²) in [7, 11) is 0. The highest BCUT2D eigenvalue weighted by Gasteiger charge is 2.25. The summed E-state index contributed by atoms with van der Waals surface area (Å²) in [5.41, 5.74) is 1.48. The van der Waals surface area contributed by atoms with Crippen LogP contribution >= 0.6 is 0 Å². The first-order valence-electron chi connectivity index (χ1n) is 11.4. The van der Waals surface area contributed by atoms with Gasteiger partial charge in [0.2, 0.25) is 12.7 Å². The maximum atomic E-state index is 13.5. The molecule has 7 nitrogen and oxygen atoms in total. The molecule has 0 aliphatic carbocycles. The number of hydrogen-bond donors (Lipinski definition) is 0. The summed E-state index contributed by atoms with van der Waals surface area (Å²) in [5.74, 6) is 2.50. The van der Waals surface area contributed by atoms with Crippen molar-refractivity contribution in [2.24, 2.45) is 5.92 Å². The average Bonchev–Trinajstić information content (AvgIpc) is 3.46. The second-order valence-electron chi connectivity index (χ2n) is 8.90. The van der Waals surface area contributed by atoms with Gasteiger partial charge in [-0.1, -0.05) is 44.2 Å². The van der Waals surface area contributed by atoms with E-state index in [0.717, 1.165) is 11.3 Å². The lowest BCUT2D eigenvalue weighted by atomic mass is 10.1. The van der Waals surface area contributed by atoms with E-state index in [2.05, 4.69) is 0 Å². The molecule has 1 aliphatic heterocycles. The monoisotopic (exact) mass is 462 g/mol. The quantitative estimate of drug-likeness (QED) is 0.463. The lowest BCUT2D eigenvalue weighted by Gasteiger charge is -2.28. The van der Waals surface area contributed by atoms with Crippen LogP contribution in [0.2, 0.25) is 0 Å². The van der Waals surface area contributed by atoms with E-state index in [0.29, 0.717) is 42.5 Å². The van der Waals surface area contributed by atoms with Crippen LogP contribution in [-0.4, -0.2) is 41.5 Å². The van der Waals surface area contributed by atoms with Gasteiger partial charge in [-0.2, -0.15) is 0 Å². The Labute approximate surface area is 199 Å². The second kappa shape index (κ2) is 10.5. The molecule has 0 radical (unpaired) electrons. The highest BCUT2D eigenvalue weighted by Crippen LogP contribution is 2.33. The van der Waals surface area contributed by atoms with Crippen molar-refractivity contribution in [2.75, 3.05) is 19.9 Å². The van der Waals surface area contributed by atoms with Crippen molar-refractivity contribution < 1.29 is 23.5 Å². The number of nitrogens with zero attached hydrogens (tertiary/aromatic N) is 2. The lowest BCUT2D eigenvalue weighted by Crippen LogP contribution is -2.43. The number of carbonyl (C=O) groups excluding carboxylic acids is 2. The Kier molecular flexibility index (Phi) is 7.21. The van der Waals surface area contributed by atoms with Crippen LogP contribution in [0.15, 0.2) is 65.1 Å². The molecule has 0 N–H and O–H groups in total. The van der Waals surface area contributed by atoms with Crippen LogP contribution in [0.3, 0.4) is 0 Å². The van der Waals surface area contributed by atoms with Gasteiger partial charge in [0.05, 0.1) is 6.54 Å². The van der Waals surface area contributed by atoms with E-state index in [1.54, 1.807) is 28.0 Å². The minimum atomic E-state index is -0.214. The van der Waals surface area contributed by atoms with Gasteiger partial charge in [0.1, 0.15) is 18.1 Å². The number of fused-ring (bicyclic) bond motifs is 1. The number of furan rings is 1. The van der Waals surface area contributed by atoms with Crippen LogP contribution in [0.1, 0.15) is 41.3 Å². The minimum Gasteiger partial charge on any atom is -0.464 e. The highest BCUT2D eigenvalue weighted by atomic mass is 16.7. The fraction of sp³-hybridized carbons (Fsp3) is 0.333. The Morgan fingerprint density at radius 3 is 2.38 bits per heavy atom. The van der Waals surface area contributed by atoms with Crippen LogP contribution in [0, 0.1) is 12.8 Å². The van der Waals surface area contributed by atoms with E-state index in [4.69, 9.17) is 13.9 Å². The lowest BCUT2D eigenvalue weighted by molar-refractivity contribution is -0.133. The molecule has 178 valence electrons. The second-order valence-corrected chi connectivity index (χ2v) is 8.90. The molecule has 0 spiro atoms. The van der Waals surface area contributed by atoms with Crippen molar-refractivity contribution in [3.63, 3.8) is 0 Å². The van der Waals surface area contributed by atoms with Gasteiger partial charge in [0.15, 0.2) is 11.5 Å². The van der Waals surface area contributed by atoms with Gasteiger partial charge in [0, 0.05) is 18.7 Å². The van der Waals surface area contributed by atoms with Crippen LogP contribution in [0.4, 0.5) is 0 Å². The third-order valence-electron chi connectivity index (χ3n) is 5.53. The predicted molar refractivity (Wildman–Crippen MR) is 127 cm³/mol. The molecule has 0 saturated heterocycles. The van der Waals surface area contributed by atoms with Crippen LogP contribution in [-0.2, 0) is 17.9 Å². The van der Waals surface area contributed by atoms with Gasteiger partial charge in [0.25, 0.3) is 5.91 Å². The molecule has 3 aromatic rings. The standard InChI is InChI=1S/C27H30N2O5/c1-19(2)14-29(27(31)22-10-12-24-25(13-22)33-18-32-24)17-26(30)28(15-21-7-5-4-6-8-21)16-23-11-9-20(3)34-23/h4-13,19H,14-18H2,1-3H3. The van der Waals surface area contributed by atoms with Crippen molar-refractivity contribution in [1.29, 1.82) is 0 Å². The first kappa shape index (κ1) is 23.4. The fourth-order valence-electron chi connectivity index (χ4n) is 3.93. The molecular weight excluding hydrogens is 432 g/mol. The molecule has 0 fully saturated rings. The van der Waals surface area contributed by atoms with Gasteiger partial charge < -0.3 is 23.7 Å². The Balaban J connectivity index is 1.54. The summed E-state index contributed by atoms with van der Waals surface area (Å²) in [6.07, 6.45) is 0. The third kappa shape index (κ3) is 5.78. The largest absolute Gasteiger partial charge is 0.464 e. The summed E-state index contributed by atoms with van der Waals surface area (Å²) in [5, 5.41) is 0. The molecule has 34 heavy (non-hydrogen) atoms. The van der Waals surface area contributed by atoms with E-state index < -0.39 is 0 Å². The summed E-state index contributed by atoms with van der Waals surface area (Å²) in [4.78, 5) is 30.3. The molecule has 2 amide bonds. The number of amides is 2. The van der Waals surface area contributed by atoms with Crippen LogP contribution < -0.4 is 9.47 Å². The zero-order valence-electron chi connectivity index (χ0n) is 19.8. The van der Waals surface area contributed by atoms with E-state index in [-0.39, 0.29) is 31.1 Å². The summed E-state index contributed by atoms with van der Waals surface area (Å²) < 4.78 is 16.5. The molecule has 0 unspecified atom stereocenters. The predicted octanol–water partition coefficient (Wildman–Crippen LogP) is 4.64. The molecule has 1 aliphatic rings. The molecular formula is C27H30N2O5. The van der Waals surface area contributed by atoms with Gasteiger partial charge in [-0.15, -0.1) is 0 Å². The number of rotatable bonds is 9. The van der Waals surface area contributed by atoms with Crippen molar-refractivity contribution in [1.82, 2.24) is 9.80 Å². The third-order valence-corrected chi connectivity index (χ3v) is 5.53. The zero-order valence-corrected chi connectivity index (χ0v) is 19.8. The van der Waals surface area contributed by atoms with Gasteiger partial charge >= 0.3 is 0 Å². The fourth-order valence-corrected chi connectivity index (χ4v) is 3.93. The van der Waals surface area contributed by atoms with Gasteiger partial charge in [-0.3, -0.25) is 9.59 Å². The summed E-state index contributed by atoms with van der Waals surface area (Å²) in [6, 6.07) is 18.7. The Bertz CT molecular complexity index is 1140. The van der Waals surface area contributed by atoms with E-state index >= 15 is 0 Å². The van der Waals surface area contributed by atoms with E-state index in [1.807, 2.05) is 63.2 Å². The van der Waals surface area contributed by atoms with E-state index in [1.165, 1.54) is 0 Å². The summed E-state index contributed by atoms with van der Waals surface area (Å²) >= 11 is 0. The molecule has 0 atom stereocenters. The maximum absolute atomic E-state index is 13.5. The van der Waals surface area contributed by atoms with Crippen LogP contribution in [0.5, 0.6) is 11.5 Å².